The molecule has 2 rings (SSSR count). The molecule has 0 aliphatic carbocycles. The highest BCUT2D eigenvalue weighted by molar-refractivity contribution is 5.82. The first-order valence-electron chi connectivity index (χ1n) is 8.20. The van der Waals surface area contributed by atoms with Crippen molar-refractivity contribution in [2.45, 2.75) is 46.1 Å². The van der Waals surface area contributed by atoms with Gasteiger partial charge in [-0.05, 0) is 44.6 Å². The van der Waals surface area contributed by atoms with Crippen molar-refractivity contribution in [3.05, 3.63) is 0 Å². The van der Waals surface area contributed by atoms with Gasteiger partial charge < -0.3 is 10.6 Å². The van der Waals surface area contributed by atoms with E-state index in [1.165, 1.54) is 6.42 Å². The van der Waals surface area contributed by atoms with Gasteiger partial charge in [-0.1, -0.05) is 13.8 Å². The zero-order valence-corrected chi connectivity index (χ0v) is 13.5. The molecule has 2 amide bonds. The topological polar surface area (TPSA) is 66.6 Å². The van der Waals surface area contributed by atoms with E-state index in [-0.39, 0.29) is 23.8 Å². The fourth-order valence-corrected chi connectivity index (χ4v) is 3.85. The summed E-state index contributed by atoms with van der Waals surface area (Å²) in [6, 6.07) is -0.148. The lowest BCUT2D eigenvalue weighted by Gasteiger charge is -2.40. The zero-order valence-electron chi connectivity index (χ0n) is 13.5. The van der Waals surface area contributed by atoms with Gasteiger partial charge in [-0.15, -0.1) is 0 Å². The number of amides is 2. The molecule has 2 heterocycles. The van der Waals surface area contributed by atoms with Gasteiger partial charge in [0.15, 0.2) is 0 Å². The van der Waals surface area contributed by atoms with Crippen LogP contribution in [0, 0.1) is 17.8 Å². The SMILES string of the molecule is C[C@@H]1C[C@@H](C)CN(C(=O)[C@@H](C)N2CCC[C@H](C(N)=O)C2)C1. The summed E-state index contributed by atoms with van der Waals surface area (Å²) < 4.78 is 0. The van der Waals surface area contributed by atoms with E-state index in [0.29, 0.717) is 18.4 Å². The fourth-order valence-electron chi connectivity index (χ4n) is 3.85. The standard InChI is InChI=1S/C16H29N3O2/c1-11-7-12(2)9-19(8-11)16(21)13(3)18-6-4-5-14(10-18)15(17)20/h11-14H,4-10H2,1-3H3,(H2,17,20)/t11-,12-,13-,14+/m1/s1. The highest BCUT2D eigenvalue weighted by Gasteiger charge is 2.34. The summed E-state index contributed by atoms with van der Waals surface area (Å²) in [5.41, 5.74) is 5.42. The van der Waals surface area contributed by atoms with Crippen LogP contribution >= 0.6 is 0 Å². The Labute approximate surface area is 127 Å². The Hall–Kier alpha value is -1.10. The number of nitrogens with zero attached hydrogens (tertiary/aromatic N) is 2. The lowest BCUT2D eigenvalue weighted by Crippen LogP contribution is -2.54. The lowest BCUT2D eigenvalue weighted by molar-refractivity contribution is -0.141. The molecule has 5 heteroatoms. The molecule has 5 nitrogen and oxygen atoms in total. The molecule has 0 spiro atoms. The maximum Gasteiger partial charge on any atom is 0.239 e. The molecular weight excluding hydrogens is 266 g/mol. The van der Waals surface area contributed by atoms with E-state index in [1.807, 2.05) is 11.8 Å². The van der Waals surface area contributed by atoms with E-state index >= 15 is 0 Å². The lowest BCUT2D eigenvalue weighted by atomic mass is 9.91. The summed E-state index contributed by atoms with van der Waals surface area (Å²) in [7, 11) is 0. The Morgan fingerprint density at radius 3 is 2.33 bits per heavy atom. The second kappa shape index (κ2) is 6.77. The Kier molecular flexibility index (Phi) is 5.25. The van der Waals surface area contributed by atoms with Crippen LogP contribution in [0.1, 0.15) is 40.0 Å². The van der Waals surface area contributed by atoms with Crippen molar-refractivity contribution >= 4 is 11.8 Å². The van der Waals surface area contributed by atoms with E-state index in [0.717, 1.165) is 32.5 Å². The van der Waals surface area contributed by atoms with E-state index < -0.39 is 0 Å². The second-order valence-electron chi connectivity index (χ2n) is 7.10. The van der Waals surface area contributed by atoms with Crippen molar-refractivity contribution in [1.82, 2.24) is 9.80 Å². The number of hydrogen-bond donors (Lipinski definition) is 1. The number of nitrogens with two attached hydrogens (primary N) is 1. The van der Waals surface area contributed by atoms with E-state index in [9.17, 15) is 9.59 Å². The number of likely N-dealkylation sites (tertiary alicyclic amines) is 2. The molecule has 0 radical (unpaired) electrons. The maximum atomic E-state index is 12.7. The molecule has 0 aromatic carbocycles. The van der Waals surface area contributed by atoms with Gasteiger partial charge in [-0.2, -0.15) is 0 Å². The van der Waals surface area contributed by atoms with Crippen LogP contribution in [0.25, 0.3) is 0 Å². The molecular formula is C16H29N3O2. The second-order valence-corrected chi connectivity index (χ2v) is 7.10. The predicted molar refractivity (Wildman–Crippen MR) is 82.5 cm³/mol. The molecule has 4 atom stereocenters. The number of carbonyl (C=O) groups is 2. The summed E-state index contributed by atoms with van der Waals surface area (Å²) in [5.74, 6) is 1.01. The molecule has 2 aliphatic rings. The first kappa shape index (κ1) is 16.3. The Morgan fingerprint density at radius 1 is 1.14 bits per heavy atom. The van der Waals surface area contributed by atoms with Gasteiger partial charge in [0.2, 0.25) is 11.8 Å². The van der Waals surface area contributed by atoms with E-state index in [2.05, 4.69) is 18.7 Å². The predicted octanol–water partition coefficient (Wildman–Crippen LogP) is 1.08. The third-order valence-electron chi connectivity index (χ3n) is 4.94. The normalized spacial score (nSPS) is 32.7. The van der Waals surface area contributed by atoms with Crippen LogP contribution in [0.2, 0.25) is 0 Å². The quantitative estimate of drug-likeness (QED) is 0.847. The molecule has 0 unspecified atom stereocenters. The zero-order chi connectivity index (χ0) is 15.6. The molecule has 0 aromatic heterocycles. The minimum Gasteiger partial charge on any atom is -0.369 e. The van der Waals surface area contributed by atoms with Crippen LogP contribution in [0.3, 0.4) is 0 Å². The van der Waals surface area contributed by atoms with Gasteiger partial charge in [0, 0.05) is 19.6 Å². The van der Waals surface area contributed by atoms with Crippen LogP contribution in [0.15, 0.2) is 0 Å². The third kappa shape index (κ3) is 3.96. The van der Waals surface area contributed by atoms with Crippen LogP contribution in [-0.4, -0.2) is 53.8 Å². The van der Waals surface area contributed by atoms with Crippen molar-refractivity contribution in [3.8, 4) is 0 Å². The molecule has 2 N–H and O–H groups in total. The molecule has 2 fully saturated rings. The summed E-state index contributed by atoms with van der Waals surface area (Å²) in [6.07, 6.45) is 2.99. The van der Waals surface area contributed by atoms with Crippen molar-refractivity contribution in [1.29, 1.82) is 0 Å². The van der Waals surface area contributed by atoms with Crippen LogP contribution in [0.4, 0.5) is 0 Å². The summed E-state index contributed by atoms with van der Waals surface area (Å²) in [4.78, 5) is 28.3. The minimum absolute atomic E-state index is 0.104. The number of piperidine rings is 2. The summed E-state index contributed by atoms with van der Waals surface area (Å²) in [6.45, 7) is 9.63. The molecule has 2 saturated heterocycles. The highest BCUT2D eigenvalue weighted by atomic mass is 16.2. The number of primary amides is 1. The van der Waals surface area contributed by atoms with Crippen LogP contribution in [0.5, 0.6) is 0 Å². The molecule has 0 aromatic rings. The van der Waals surface area contributed by atoms with E-state index in [1.54, 1.807) is 0 Å². The third-order valence-corrected chi connectivity index (χ3v) is 4.94. The van der Waals surface area contributed by atoms with Gasteiger partial charge in [0.05, 0.1) is 12.0 Å². The fraction of sp³-hybridized carbons (Fsp3) is 0.875. The molecule has 120 valence electrons. The smallest absolute Gasteiger partial charge is 0.239 e. The Morgan fingerprint density at radius 2 is 1.76 bits per heavy atom. The largest absolute Gasteiger partial charge is 0.369 e. The Balaban J connectivity index is 1.96. The first-order valence-corrected chi connectivity index (χ1v) is 8.20. The average molecular weight is 295 g/mol. The highest BCUT2D eigenvalue weighted by Crippen LogP contribution is 2.24. The van der Waals surface area contributed by atoms with Gasteiger partial charge >= 0.3 is 0 Å². The first-order chi connectivity index (χ1) is 9.88. The average Bonchev–Trinajstić information content (AvgIpc) is 2.44. The number of hydrogen-bond acceptors (Lipinski definition) is 3. The van der Waals surface area contributed by atoms with Gasteiger partial charge in [0.1, 0.15) is 0 Å². The maximum absolute atomic E-state index is 12.7. The van der Waals surface area contributed by atoms with Crippen LogP contribution < -0.4 is 5.73 Å². The van der Waals surface area contributed by atoms with Gasteiger partial charge in [-0.25, -0.2) is 0 Å². The summed E-state index contributed by atoms with van der Waals surface area (Å²) >= 11 is 0. The Bertz CT molecular complexity index is 389. The number of rotatable bonds is 3. The summed E-state index contributed by atoms with van der Waals surface area (Å²) in [5, 5.41) is 0. The van der Waals surface area contributed by atoms with Gasteiger partial charge in [-0.3, -0.25) is 14.5 Å². The number of carbonyl (C=O) groups excluding carboxylic acids is 2. The van der Waals surface area contributed by atoms with Gasteiger partial charge in [0.25, 0.3) is 0 Å². The van der Waals surface area contributed by atoms with Crippen molar-refractivity contribution in [2.75, 3.05) is 26.2 Å². The minimum atomic E-state index is -0.237. The molecule has 21 heavy (non-hydrogen) atoms. The van der Waals surface area contributed by atoms with Crippen molar-refractivity contribution in [2.24, 2.45) is 23.5 Å². The van der Waals surface area contributed by atoms with Crippen molar-refractivity contribution in [3.63, 3.8) is 0 Å². The monoisotopic (exact) mass is 295 g/mol. The molecule has 0 saturated carbocycles. The molecule has 2 aliphatic heterocycles. The van der Waals surface area contributed by atoms with Crippen molar-refractivity contribution < 1.29 is 9.59 Å². The van der Waals surface area contributed by atoms with Crippen LogP contribution in [-0.2, 0) is 9.59 Å². The van der Waals surface area contributed by atoms with E-state index in [4.69, 9.17) is 5.73 Å². The molecule has 0 bridgehead atoms.